The molecule has 10 aromatic rings. The number of benzene rings is 6. The summed E-state index contributed by atoms with van der Waals surface area (Å²) in [5, 5.41) is 4.70. The second-order valence-corrected chi connectivity index (χ2v) is 17.1. The third-order valence-electron chi connectivity index (χ3n) is 10.6. The second kappa shape index (κ2) is 21.1. The van der Waals surface area contributed by atoms with Crippen molar-refractivity contribution >= 4 is 43.6 Å². The number of para-hydroxylation sites is 4. The molecular formula is C58H44N4O2Pt2-6. The Kier molecular flexibility index (Phi) is 15.6. The van der Waals surface area contributed by atoms with Gasteiger partial charge < -0.3 is 66.8 Å². The zero-order chi connectivity index (χ0) is 44.8. The van der Waals surface area contributed by atoms with E-state index in [4.69, 9.17) is 22.3 Å². The zero-order valence-electron chi connectivity index (χ0n) is 37.2. The summed E-state index contributed by atoms with van der Waals surface area (Å²) in [6.45, 7) is 12.8. The van der Waals surface area contributed by atoms with E-state index in [0.717, 1.165) is 33.2 Å². The summed E-state index contributed by atoms with van der Waals surface area (Å²) in [6.07, 6.45) is 18.1. The van der Waals surface area contributed by atoms with E-state index in [1.54, 1.807) is 21.5 Å². The summed E-state index contributed by atoms with van der Waals surface area (Å²) in [7, 11) is 0. The van der Waals surface area contributed by atoms with E-state index in [1.807, 2.05) is 121 Å². The Bertz CT molecular complexity index is 3000. The number of rotatable bonds is 5. The molecule has 334 valence electrons. The Morgan fingerprint density at radius 2 is 0.758 bits per heavy atom. The van der Waals surface area contributed by atoms with Crippen LogP contribution in [0.2, 0.25) is 0 Å². The van der Waals surface area contributed by atoms with E-state index < -0.39 is 0 Å². The van der Waals surface area contributed by atoms with Crippen molar-refractivity contribution in [1.29, 1.82) is 0 Å². The summed E-state index contributed by atoms with van der Waals surface area (Å²) in [5.41, 5.74) is 7.16. The van der Waals surface area contributed by atoms with Gasteiger partial charge in [-0.3, -0.25) is 0 Å². The fraction of sp³-hybridized carbons (Fsp3) is 0.138. The Balaban J connectivity index is 0.000000185. The normalized spacial score (nSPS) is 10.9. The molecule has 6 aromatic carbocycles. The first-order chi connectivity index (χ1) is 30.9. The molecule has 0 saturated carbocycles. The smallest absolute Gasteiger partial charge is 0.215 e. The van der Waals surface area contributed by atoms with Crippen LogP contribution in [-0.4, -0.2) is 19.1 Å². The topological polar surface area (TPSA) is 54.1 Å². The number of fused-ring (bicyclic) bond motifs is 6. The van der Waals surface area contributed by atoms with Crippen molar-refractivity contribution in [3.8, 4) is 46.5 Å². The van der Waals surface area contributed by atoms with E-state index >= 15 is 0 Å². The molecule has 0 bridgehead atoms. The maximum absolute atomic E-state index is 7.34. The number of aromatic nitrogens is 4. The summed E-state index contributed by atoms with van der Waals surface area (Å²) in [6, 6.07) is 65.8. The number of pyridine rings is 2. The number of ether oxygens (including phenoxy) is 2. The Labute approximate surface area is 416 Å². The van der Waals surface area contributed by atoms with Crippen molar-refractivity contribution in [3.05, 3.63) is 206 Å². The quantitative estimate of drug-likeness (QED) is 0.127. The monoisotopic (exact) mass is 1220 g/mol. The number of nitrogens with zero attached hydrogens (tertiary/aromatic N) is 4. The van der Waals surface area contributed by atoms with E-state index in [1.165, 1.54) is 21.5 Å². The third-order valence-corrected chi connectivity index (χ3v) is 10.6. The number of hydrogen-bond donors (Lipinski definition) is 0. The van der Waals surface area contributed by atoms with Gasteiger partial charge in [0.25, 0.3) is 0 Å². The Morgan fingerprint density at radius 3 is 1.03 bits per heavy atom. The summed E-state index contributed by atoms with van der Waals surface area (Å²) in [5.74, 6) is 2.23. The molecule has 0 amide bonds. The van der Waals surface area contributed by atoms with Crippen molar-refractivity contribution < 1.29 is 51.6 Å². The van der Waals surface area contributed by atoms with Crippen LogP contribution >= 0.6 is 0 Å². The molecule has 0 aliphatic rings. The van der Waals surface area contributed by atoms with Crippen LogP contribution in [0.4, 0.5) is 0 Å². The van der Waals surface area contributed by atoms with Crippen molar-refractivity contribution in [2.24, 2.45) is 0 Å². The van der Waals surface area contributed by atoms with Crippen LogP contribution in [0.5, 0.6) is 23.3 Å². The van der Waals surface area contributed by atoms with Crippen LogP contribution in [0.15, 0.2) is 158 Å². The van der Waals surface area contributed by atoms with Gasteiger partial charge in [0, 0.05) is 88.2 Å². The van der Waals surface area contributed by atoms with E-state index in [2.05, 4.69) is 112 Å². The fourth-order valence-corrected chi connectivity index (χ4v) is 7.51. The zero-order valence-corrected chi connectivity index (χ0v) is 41.8. The van der Waals surface area contributed by atoms with Crippen molar-refractivity contribution in [1.82, 2.24) is 19.1 Å². The van der Waals surface area contributed by atoms with Gasteiger partial charge in [-0.15, -0.1) is 0 Å². The molecule has 0 spiro atoms. The van der Waals surface area contributed by atoms with Crippen molar-refractivity contribution in [3.63, 3.8) is 0 Å². The van der Waals surface area contributed by atoms with Gasteiger partial charge >= 0.3 is 0 Å². The van der Waals surface area contributed by atoms with Gasteiger partial charge in [-0.2, -0.15) is 11.1 Å². The third kappa shape index (κ3) is 10.5. The molecule has 0 N–H and O–H groups in total. The molecule has 8 heteroatoms. The molecule has 6 nitrogen and oxygen atoms in total. The van der Waals surface area contributed by atoms with Gasteiger partial charge in [-0.05, 0) is 36.4 Å². The van der Waals surface area contributed by atoms with Crippen LogP contribution in [0.25, 0.3) is 54.7 Å². The van der Waals surface area contributed by atoms with Crippen LogP contribution in [-0.2, 0) is 53.0 Å². The molecule has 66 heavy (non-hydrogen) atoms. The van der Waals surface area contributed by atoms with Gasteiger partial charge in [-0.1, -0.05) is 149 Å². The Hall–Kier alpha value is -6.68. The first-order valence-electron chi connectivity index (χ1n) is 20.9. The Morgan fingerprint density at radius 1 is 0.455 bits per heavy atom. The van der Waals surface area contributed by atoms with E-state index in [9.17, 15) is 0 Å². The van der Waals surface area contributed by atoms with Gasteiger partial charge in [-0.25, -0.2) is 34.2 Å². The summed E-state index contributed by atoms with van der Waals surface area (Å²) in [4.78, 5) is 8.61. The minimum atomic E-state index is -0.160. The number of hydrogen-bond acceptors (Lipinski definition) is 4. The van der Waals surface area contributed by atoms with E-state index in [0.29, 0.717) is 34.4 Å². The minimum absolute atomic E-state index is 0. The van der Waals surface area contributed by atoms with Gasteiger partial charge in [0.15, 0.2) is 0 Å². The average Bonchev–Trinajstić information content (AvgIpc) is 3.81. The molecule has 0 aliphatic carbocycles. The first kappa shape index (κ1) is 48.8. The molecule has 0 radical (unpaired) electrons. The molecule has 4 heterocycles. The van der Waals surface area contributed by atoms with Crippen LogP contribution in [0.3, 0.4) is 0 Å². The maximum Gasteiger partial charge on any atom is 0.215 e. The molecule has 4 aromatic heterocycles. The van der Waals surface area contributed by atoms with Crippen LogP contribution < -0.4 is 9.47 Å². The SMILES string of the molecule is CC(C)(C)c1c[c-]c(-c2[c-]cc(C(C)(C)C)c(Oc3ccccn3)[c-]2)[c-]c1Oc1ccccn1.[C-]#Cn1c2ccccc2c2ccccc21.[C-]#Cn1c2ccccc2c2ccccc21.[Pt].[Pt]. The summed E-state index contributed by atoms with van der Waals surface area (Å²) < 4.78 is 15.9. The minimum Gasteiger partial charge on any atom is -0.669 e. The molecule has 0 fully saturated rings. The molecule has 0 atom stereocenters. The predicted molar refractivity (Wildman–Crippen MR) is 257 cm³/mol. The molecule has 10 rings (SSSR count). The molecule has 0 saturated heterocycles. The van der Waals surface area contributed by atoms with Gasteiger partial charge in [0.1, 0.15) is 0 Å². The maximum atomic E-state index is 7.34. The van der Waals surface area contributed by atoms with Crippen molar-refractivity contribution in [2.75, 3.05) is 0 Å². The van der Waals surface area contributed by atoms with E-state index in [-0.39, 0.29) is 53.0 Å². The molecule has 0 unspecified atom stereocenters. The molecular weight excluding hydrogens is 1170 g/mol. The standard InChI is InChI=1S/C30H28N2O2.2C14H8N.2Pt/c1-29(2,3)23-15-13-21(19-25(23)33-27-11-7-9-17-31-27)22-14-16-24(30(4,5)6)26(20-22)34-28-12-8-10-18-32-28;2*1-2-15-13-9-5-3-7-11(13)12-8-4-6-10-14(12)15;;/h7-12,15-18H,1-6H3;2*3-10H;;/q-4;2*-1;;. The predicted octanol–water partition coefficient (Wildman–Crippen LogP) is 13.9. The molecule has 0 aliphatic heterocycles. The summed E-state index contributed by atoms with van der Waals surface area (Å²) >= 11 is 0. The van der Waals surface area contributed by atoms with Gasteiger partial charge in [0.2, 0.25) is 11.8 Å². The first-order valence-corrected chi connectivity index (χ1v) is 20.9. The van der Waals surface area contributed by atoms with Crippen LogP contribution in [0.1, 0.15) is 52.7 Å². The largest absolute Gasteiger partial charge is 0.669 e. The van der Waals surface area contributed by atoms with Crippen molar-refractivity contribution in [2.45, 2.75) is 52.4 Å². The second-order valence-electron chi connectivity index (χ2n) is 17.1. The van der Waals surface area contributed by atoms with Crippen LogP contribution in [0, 0.1) is 49.2 Å². The van der Waals surface area contributed by atoms with Gasteiger partial charge in [0.05, 0.1) is 22.1 Å². The average molecular weight is 1220 g/mol. The fourth-order valence-electron chi connectivity index (χ4n) is 7.51.